The number of thioether (sulfide) groups is 1. The maximum atomic E-state index is 13.0. The van der Waals surface area contributed by atoms with E-state index in [9.17, 15) is 4.39 Å². The first-order valence-electron chi connectivity index (χ1n) is 6.69. The van der Waals surface area contributed by atoms with E-state index in [4.69, 9.17) is 16.1 Å². The highest BCUT2D eigenvalue weighted by atomic mass is 35.5. The maximum absolute atomic E-state index is 13.0. The summed E-state index contributed by atoms with van der Waals surface area (Å²) in [6, 6.07) is 4.68. The molecule has 0 amide bonds. The van der Waals surface area contributed by atoms with Gasteiger partial charge in [-0.15, -0.1) is 0 Å². The summed E-state index contributed by atoms with van der Waals surface area (Å²) in [5, 5.41) is 7.67. The second kappa shape index (κ2) is 6.34. The summed E-state index contributed by atoms with van der Waals surface area (Å²) in [5.41, 5.74) is 0.788. The Morgan fingerprint density at radius 2 is 2.33 bits per heavy atom. The molecule has 4 nitrogen and oxygen atoms in total. The zero-order chi connectivity index (χ0) is 14.8. The maximum Gasteiger partial charge on any atom is 0.232 e. The van der Waals surface area contributed by atoms with Gasteiger partial charge in [-0.1, -0.05) is 22.8 Å². The van der Waals surface area contributed by atoms with Crippen molar-refractivity contribution in [1.29, 1.82) is 0 Å². The zero-order valence-electron chi connectivity index (χ0n) is 11.5. The highest BCUT2D eigenvalue weighted by Gasteiger charge is 2.32. The molecule has 0 bridgehead atoms. The van der Waals surface area contributed by atoms with Crippen molar-refractivity contribution in [3.05, 3.63) is 46.3 Å². The van der Waals surface area contributed by atoms with Crippen LogP contribution >= 0.6 is 23.4 Å². The SMILES string of the molecule is CNC1CSCC1c1nc(Cc2ccc(F)cc2Cl)no1. The van der Waals surface area contributed by atoms with Crippen LogP contribution in [0.2, 0.25) is 5.02 Å². The molecule has 7 heteroatoms. The van der Waals surface area contributed by atoms with Crippen LogP contribution in [0, 0.1) is 5.82 Å². The van der Waals surface area contributed by atoms with Gasteiger partial charge in [-0.25, -0.2) is 4.39 Å². The van der Waals surface area contributed by atoms with Crippen molar-refractivity contribution in [3.8, 4) is 0 Å². The second-order valence-electron chi connectivity index (χ2n) is 5.00. The van der Waals surface area contributed by atoms with E-state index in [2.05, 4.69) is 15.5 Å². The molecular weight excluding hydrogens is 313 g/mol. The minimum absolute atomic E-state index is 0.241. The topological polar surface area (TPSA) is 51.0 Å². The predicted molar refractivity (Wildman–Crippen MR) is 81.4 cm³/mol. The predicted octanol–water partition coefficient (Wildman–Crippen LogP) is 2.87. The van der Waals surface area contributed by atoms with Crippen LogP contribution in [0.25, 0.3) is 0 Å². The molecule has 2 aromatic rings. The summed E-state index contributed by atoms with van der Waals surface area (Å²) in [4.78, 5) is 4.47. The summed E-state index contributed by atoms with van der Waals surface area (Å²) >= 11 is 7.89. The molecule has 1 aliphatic heterocycles. The smallest absolute Gasteiger partial charge is 0.232 e. The Labute approximate surface area is 131 Å². The molecule has 2 unspecified atom stereocenters. The lowest BCUT2D eigenvalue weighted by Gasteiger charge is -2.13. The van der Waals surface area contributed by atoms with Crippen molar-refractivity contribution in [3.63, 3.8) is 0 Å². The second-order valence-corrected chi connectivity index (χ2v) is 6.48. The van der Waals surface area contributed by atoms with Gasteiger partial charge in [0, 0.05) is 29.0 Å². The molecule has 0 spiro atoms. The molecule has 1 saturated heterocycles. The molecule has 0 saturated carbocycles. The molecule has 3 rings (SSSR count). The fourth-order valence-corrected chi connectivity index (χ4v) is 4.06. The van der Waals surface area contributed by atoms with Gasteiger partial charge in [-0.2, -0.15) is 16.7 Å². The lowest BCUT2D eigenvalue weighted by atomic mass is 10.0. The lowest BCUT2D eigenvalue weighted by Crippen LogP contribution is -2.31. The monoisotopic (exact) mass is 327 g/mol. The highest BCUT2D eigenvalue weighted by molar-refractivity contribution is 7.99. The molecule has 2 atom stereocenters. The first-order chi connectivity index (χ1) is 10.2. The third-order valence-electron chi connectivity index (χ3n) is 3.62. The van der Waals surface area contributed by atoms with Crippen LogP contribution in [0.5, 0.6) is 0 Å². The minimum Gasteiger partial charge on any atom is -0.339 e. The largest absolute Gasteiger partial charge is 0.339 e. The molecular formula is C14H15ClFN3OS. The quantitative estimate of drug-likeness (QED) is 0.935. The van der Waals surface area contributed by atoms with Crippen molar-refractivity contribution in [1.82, 2.24) is 15.5 Å². The van der Waals surface area contributed by atoms with Crippen molar-refractivity contribution >= 4 is 23.4 Å². The van der Waals surface area contributed by atoms with E-state index < -0.39 is 0 Å². The molecule has 0 radical (unpaired) electrons. The Morgan fingerprint density at radius 3 is 3.10 bits per heavy atom. The van der Waals surface area contributed by atoms with Gasteiger partial charge in [0.25, 0.3) is 0 Å². The summed E-state index contributed by atoms with van der Waals surface area (Å²) < 4.78 is 18.4. The number of benzene rings is 1. The van der Waals surface area contributed by atoms with Gasteiger partial charge >= 0.3 is 0 Å². The summed E-state index contributed by atoms with van der Waals surface area (Å²) in [6.07, 6.45) is 0.437. The minimum atomic E-state index is -0.350. The average molecular weight is 328 g/mol. The Bertz CT molecular complexity index is 636. The summed E-state index contributed by atoms with van der Waals surface area (Å²) in [7, 11) is 1.94. The number of hydrogen-bond acceptors (Lipinski definition) is 5. The molecule has 1 aliphatic rings. The van der Waals surface area contributed by atoms with Crippen LogP contribution in [0.4, 0.5) is 4.39 Å². The van der Waals surface area contributed by atoms with Crippen molar-refractivity contribution in [2.24, 2.45) is 0 Å². The Morgan fingerprint density at radius 1 is 1.48 bits per heavy atom. The van der Waals surface area contributed by atoms with E-state index in [0.717, 1.165) is 17.1 Å². The van der Waals surface area contributed by atoms with E-state index in [1.165, 1.54) is 12.1 Å². The number of nitrogens with one attached hydrogen (secondary N) is 1. The first kappa shape index (κ1) is 14.8. The molecule has 112 valence electrons. The van der Waals surface area contributed by atoms with Crippen LogP contribution in [-0.2, 0) is 6.42 Å². The number of rotatable bonds is 4. The van der Waals surface area contributed by atoms with Crippen molar-refractivity contribution < 1.29 is 8.91 Å². The molecule has 1 aromatic carbocycles. The number of halogens is 2. The lowest BCUT2D eigenvalue weighted by molar-refractivity contribution is 0.341. The van der Waals surface area contributed by atoms with E-state index >= 15 is 0 Å². The van der Waals surface area contributed by atoms with Crippen LogP contribution in [0.15, 0.2) is 22.7 Å². The van der Waals surface area contributed by atoms with Gasteiger partial charge in [0.15, 0.2) is 5.82 Å². The Hall–Kier alpha value is -1.11. The van der Waals surface area contributed by atoms with Crippen molar-refractivity contribution in [2.45, 2.75) is 18.4 Å². The fourth-order valence-electron chi connectivity index (χ4n) is 2.41. The van der Waals surface area contributed by atoms with E-state index in [0.29, 0.717) is 29.2 Å². The molecule has 0 aliphatic carbocycles. The zero-order valence-corrected chi connectivity index (χ0v) is 13.0. The van der Waals surface area contributed by atoms with Gasteiger partial charge in [0.1, 0.15) is 5.82 Å². The third kappa shape index (κ3) is 3.22. The number of likely N-dealkylation sites (N-methyl/N-ethyl adjacent to an activating group) is 1. The van der Waals surface area contributed by atoms with Gasteiger partial charge in [0.2, 0.25) is 5.89 Å². The summed E-state index contributed by atoms with van der Waals surface area (Å²) in [6.45, 7) is 0. The number of aromatic nitrogens is 2. The normalized spacial score (nSPS) is 21.9. The third-order valence-corrected chi connectivity index (χ3v) is 5.16. The Balaban J connectivity index is 1.76. The van der Waals surface area contributed by atoms with E-state index in [1.807, 2.05) is 18.8 Å². The van der Waals surface area contributed by atoms with Crippen LogP contribution in [-0.4, -0.2) is 34.7 Å². The van der Waals surface area contributed by atoms with E-state index in [1.54, 1.807) is 6.07 Å². The number of hydrogen-bond donors (Lipinski definition) is 1. The molecule has 1 fully saturated rings. The van der Waals surface area contributed by atoms with Gasteiger partial charge in [0.05, 0.1) is 5.92 Å². The van der Waals surface area contributed by atoms with Gasteiger partial charge < -0.3 is 9.84 Å². The van der Waals surface area contributed by atoms with Crippen LogP contribution < -0.4 is 5.32 Å². The summed E-state index contributed by atoms with van der Waals surface area (Å²) in [5.74, 6) is 3.15. The fraction of sp³-hybridized carbons (Fsp3) is 0.429. The van der Waals surface area contributed by atoms with Crippen LogP contribution in [0.3, 0.4) is 0 Å². The van der Waals surface area contributed by atoms with Crippen LogP contribution in [0.1, 0.15) is 23.2 Å². The van der Waals surface area contributed by atoms with Gasteiger partial charge in [-0.05, 0) is 24.7 Å². The first-order valence-corrected chi connectivity index (χ1v) is 8.22. The number of nitrogens with zero attached hydrogens (tertiary/aromatic N) is 2. The standard InChI is InChI=1S/C14H15ClFN3OS/c1-17-12-7-21-6-10(12)14-18-13(19-20-14)4-8-2-3-9(16)5-11(8)15/h2-3,5,10,12,17H,4,6-7H2,1H3. The molecule has 2 heterocycles. The molecule has 21 heavy (non-hydrogen) atoms. The molecule has 1 N–H and O–H groups in total. The van der Waals surface area contributed by atoms with Gasteiger partial charge in [-0.3, -0.25) is 0 Å². The van der Waals surface area contributed by atoms with Crippen molar-refractivity contribution in [2.75, 3.05) is 18.6 Å². The Kier molecular flexibility index (Phi) is 4.47. The average Bonchev–Trinajstić information content (AvgIpc) is 3.10. The highest BCUT2D eigenvalue weighted by Crippen LogP contribution is 2.32. The van der Waals surface area contributed by atoms with E-state index in [-0.39, 0.29) is 11.7 Å². The molecule has 1 aromatic heterocycles.